The molecule has 0 N–H and O–H groups in total. The van der Waals surface area contributed by atoms with E-state index in [4.69, 9.17) is 0 Å². The van der Waals surface area contributed by atoms with Crippen molar-refractivity contribution in [3.05, 3.63) is 17.0 Å². The highest BCUT2D eigenvalue weighted by Gasteiger charge is 2.39. The Labute approximate surface area is 136 Å². The SMILES string of the molecule is Cc1nn(C2CCCCC2)c(C)c1C(=O)C1C(=O)CCCC1=O. The van der Waals surface area contributed by atoms with Crippen molar-refractivity contribution in [2.75, 3.05) is 0 Å². The van der Waals surface area contributed by atoms with Crippen molar-refractivity contribution in [1.82, 2.24) is 9.78 Å². The summed E-state index contributed by atoms with van der Waals surface area (Å²) in [6, 6.07) is 0.335. The molecular weight excluding hydrogens is 292 g/mol. The summed E-state index contributed by atoms with van der Waals surface area (Å²) in [5, 5.41) is 4.57. The second-order valence-electron chi connectivity index (χ2n) is 6.87. The molecule has 1 heterocycles. The molecule has 0 aliphatic heterocycles. The summed E-state index contributed by atoms with van der Waals surface area (Å²) in [6.07, 6.45) is 7.02. The standard InChI is InChI=1S/C18H24N2O3/c1-11-16(18(23)17-14(21)9-6-10-15(17)22)12(2)20(19-11)13-7-4-3-5-8-13/h13,17H,3-10H2,1-2H3. The Morgan fingerprint density at radius 1 is 1.00 bits per heavy atom. The average molecular weight is 316 g/mol. The highest BCUT2D eigenvalue weighted by Crippen LogP contribution is 2.31. The molecule has 3 rings (SSSR count). The van der Waals surface area contributed by atoms with Gasteiger partial charge in [0.2, 0.25) is 0 Å². The monoisotopic (exact) mass is 316 g/mol. The number of ketones is 3. The number of hydrogen-bond donors (Lipinski definition) is 0. The molecule has 2 aliphatic carbocycles. The lowest BCUT2D eigenvalue weighted by Gasteiger charge is -2.23. The molecule has 0 atom stereocenters. The fraction of sp³-hybridized carbons (Fsp3) is 0.667. The lowest BCUT2D eigenvalue weighted by molar-refractivity contribution is -0.133. The predicted molar refractivity (Wildman–Crippen MR) is 85.5 cm³/mol. The van der Waals surface area contributed by atoms with E-state index in [1.807, 2.05) is 11.6 Å². The van der Waals surface area contributed by atoms with Crippen molar-refractivity contribution >= 4 is 17.3 Å². The third-order valence-corrected chi connectivity index (χ3v) is 5.24. The molecule has 0 aromatic carbocycles. The first-order valence-corrected chi connectivity index (χ1v) is 8.66. The van der Waals surface area contributed by atoms with Crippen LogP contribution >= 0.6 is 0 Å². The molecule has 124 valence electrons. The minimum Gasteiger partial charge on any atom is -0.298 e. The quantitative estimate of drug-likeness (QED) is 0.634. The van der Waals surface area contributed by atoms with Crippen molar-refractivity contribution in [1.29, 1.82) is 0 Å². The average Bonchev–Trinajstić information content (AvgIpc) is 2.82. The molecule has 0 unspecified atom stereocenters. The van der Waals surface area contributed by atoms with Crippen LogP contribution in [0.15, 0.2) is 0 Å². The summed E-state index contributed by atoms with van der Waals surface area (Å²) in [4.78, 5) is 37.0. The lowest BCUT2D eigenvalue weighted by atomic mass is 9.81. The van der Waals surface area contributed by atoms with Gasteiger partial charge in [-0.25, -0.2) is 0 Å². The van der Waals surface area contributed by atoms with Gasteiger partial charge < -0.3 is 0 Å². The predicted octanol–water partition coefficient (Wildman–Crippen LogP) is 3.13. The van der Waals surface area contributed by atoms with E-state index in [-0.39, 0.29) is 17.3 Å². The molecule has 2 saturated carbocycles. The molecule has 2 aliphatic rings. The Hall–Kier alpha value is -1.78. The zero-order chi connectivity index (χ0) is 16.6. The maximum absolute atomic E-state index is 12.9. The molecule has 5 heteroatoms. The first-order chi connectivity index (χ1) is 11.0. The summed E-state index contributed by atoms with van der Waals surface area (Å²) in [6.45, 7) is 3.69. The van der Waals surface area contributed by atoms with Crippen molar-refractivity contribution < 1.29 is 14.4 Å². The van der Waals surface area contributed by atoms with E-state index in [2.05, 4.69) is 5.10 Å². The summed E-state index contributed by atoms with van der Waals surface area (Å²) < 4.78 is 1.96. The fourth-order valence-electron chi connectivity index (χ4n) is 4.04. The van der Waals surface area contributed by atoms with E-state index in [1.54, 1.807) is 6.92 Å². The lowest BCUT2D eigenvalue weighted by Crippen LogP contribution is -2.35. The van der Waals surface area contributed by atoms with E-state index >= 15 is 0 Å². The molecule has 0 amide bonds. The van der Waals surface area contributed by atoms with Gasteiger partial charge >= 0.3 is 0 Å². The van der Waals surface area contributed by atoms with Gasteiger partial charge in [0.05, 0.1) is 17.3 Å². The smallest absolute Gasteiger partial charge is 0.184 e. The first-order valence-electron chi connectivity index (χ1n) is 8.66. The number of carbonyl (C=O) groups is 3. The first kappa shape index (κ1) is 16.1. The number of aromatic nitrogens is 2. The van der Waals surface area contributed by atoms with Crippen LogP contribution in [0.25, 0.3) is 0 Å². The topological polar surface area (TPSA) is 69.0 Å². The second-order valence-corrected chi connectivity index (χ2v) is 6.87. The van der Waals surface area contributed by atoms with Crippen LogP contribution in [0.2, 0.25) is 0 Å². The van der Waals surface area contributed by atoms with E-state index in [9.17, 15) is 14.4 Å². The largest absolute Gasteiger partial charge is 0.298 e. The number of hydrogen-bond acceptors (Lipinski definition) is 4. The number of nitrogens with zero attached hydrogens (tertiary/aromatic N) is 2. The minimum atomic E-state index is -1.09. The van der Waals surface area contributed by atoms with Gasteiger partial charge in [-0.15, -0.1) is 0 Å². The van der Waals surface area contributed by atoms with Crippen molar-refractivity contribution in [3.63, 3.8) is 0 Å². The van der Waals surface area contributed by atoms with Gasteiger partial charge in [-0.1, -0.05) is 19.3 Å². The minimum absolute atomic E-state index is 0.226. The Morgan fingerprint density at radius 2 is 1.61 bits per heavy atom. The van der Waals surface area contributed by atoms with Gasteiger partial charge in [-0.2, -0.15) is 5.10 Å². The van der Waals surface area contributed by atoms with Gasteiger partial charge in [0.15, 0.2) is 17.3 Å². The van der Waals surface area contributed by atoms with Crippen LogP contribution in [-0.4, -0.2) is 27.1 Å². The third kappa shape index (κ3) is 2.89. The van der Waals surface area contributed by atoms with Gasteiger partial charge in [-0.3, -0.25) is 19.1 Å². The van der Waals surface area contributed by atoms with Crippen molar-refractivity contribution in [3.8, 4) is 0 Å². The normalized spacial score (nSPS) is 21.0. The Kier molecular flexibility index (Phi) is 4.46. The van der Waals surface area contributed by atoms with Crippen LogP contribution < -0.4 is 0 Å². The molecular formula is C18H24N2O3. The van der Waals surface area contributed by atoms with Gasteiger partial charge in [0.25, 0.3) is 0 Å². The van der Waals surface area contributed by atoms with E-state index in [1.165, 1.54) is 19.3 Å². The number of Topliss-reactive ketones (excluding diaryl/α,β-unsaturated/α-hetero) is 3. The molecule has 23 heavy (non-hydrogen) atoms. The molecule has 2 fully saturated rings. The van der Waals surface area contributed by atoms with Crippen LogP contribution in [0.4, 0.5) is 0 Å². The molecule has 0 saturated heterocycles. The molecule has 0 radical (unpaired) electrons. The maximum atomic E-state index is 12.9. The fourth-order valence-corrected chi connectivity index (χ4v) is 4.04. The molecule has 5 nitrogen and oxygen atoms in total. The number of aryl methyl sites for hydroxylation is 1. The van der Waals surface area contributed by atoms with Crippen LogP contribution in [-0.2, 0) is 9.59 Å². The summed E-state index contributed by atoms with van der Waals surface area (Å²) in [5.41, 5.74) is 1.94. The Balaban J connectivity index is 1.93. The second kappa shape index (κ2) is 6.38. The third-order valence-electron chi connectivity index (χ3n) is 5.24. The van der Waals surface area contributed by atoms with Crippen LogP contribution in [0.5, 0.6) is 0 Å². The van der Waals surface area contributed by atoms with Crippen molar-refractivity contribution in [2.24, 2.45) is 5.92 Å². The number of rotatable bonds is 3. The molecule has 0 bridgehead atoms. The van der Waals surface area contributed by atoms with Crippen LogP contribution in [0, 0.1) is 19.8 Å². The van der Waals surface area contributed by atoms with Crippen LogP contribution in [0.1, 0.15) is 79.2 Å². The van der Waals surface area contributed by atoms with Gasteiger partial charge in [0, 0.05) is 18.5 Å². The zero-order valence-corrected chi connectivity index (χ0v) is 13.9. The van der Waals surface area contributed by atoms with E-state index in [0.717, 1.165) is 18.5 Å². The number of carbonyl (C=O) groups excluding carboxylic acids is 3. The zero-order valence-electron chi connectivity index (χ0n) is 13.9. The highest BCUT2D eigenvalue weighted by molar-refractivity contribution is 6.25. The highest BCUT2D eigenvalue weighted by atomic mass is 16.2. The van der Waals surface area contributed by atoms with E-state index < -0.39 is 5.92 Å². The van der Waals surface area contributed by atoms with Gasteiger partial charge in [0.1, 0.15) is 5.92 Å². The Bertz CT molecular complexity index is 637. The summed E-state index contributed by atoms with van der Waals surface area (Å²) >= 11 is 0. The van der Waals surface area contributed by atoms with Crippen LogP contribution in [0.3, 0.4) is 0 Å². The molecule has 1 aromatic rings. The summed E-state index contributed by atoms with van der Waals surface area (Å²) in [5.74, 6) is -1.88. The summed E-state index contributed by atoms with van der Waals surface area (Å²) in [7, 11) is 0. The molecule has 0 spiro atoms. The van der Waals surface area contributed by atoms with E-state index in [0.29, 0.717) is 36.6 Å². The molecule has 1 aromatic heterocycles. The van der Waals surface area contributed by atoms with Gasteiger partial charge in [-0.05, 0) is 33.1 Å². The Morgan fingerprint density at radius 3 is 2.22 bits per heavy atom. The van der Waals surface area contributed by atoms with Crippen molar-refractivity contribution in [2.45, 2.75) is 71.3 Å². The maximum Gasteiger partial charge on any atom is 0.184 e.